The molecule has 36 heavy (non-hydrogen) atoms. The van der Waals surface area contributed by atoms with E-state index in [9.17, 15) is 13.2 Å². The number of halogens is 3. The molecule has 0 amide bonds. The van der Waals surface area contributed by atoms with Crippen molar-refractivity contribution in [3.63, 3.8) is 0 Å². The zero-order valence-electron chi connectivity index (χ0n) is 19.8. The van der Waals surface area contributed by atoms with Crippen LogP contribution in [0.2, 0.25) is 0 Å². The number of carbonyl (C=O) groups is 1. The summed E-state index contributed by atoms with van der Waals surface area (Å²) in [5, 5.41) is 10.7. The van der Waals surface area contributed by atoms with Crippen LogP contribution >= 0.6 is 0 Å². The Morgan fingerprint density at radius 3 is 2.56 bits per heavy atom. The number of hydrogen-bond donors (Lipinski definition) is 3. The summed E-state index contributed by atoms with van der Waals surface area (Å²) in [6.45, 7) is 8.33. The predicted octanol–water partition coefficient (Wildman–Crippen LogP) is 4.58. The van der Waals surface area contributed by atoms with Crippen LogP contribution in [-0.2, 0) is 16.1 Å². The highest BCUT2D eigenvalue weighted by Gasteiger charge is 2.38. The molecule has 0 saturated carbocycles. The maximum absolute atomic E-state index is 10.6. The Morgan fingerprint density at radius 1 is 1.22 bits per heavy atom. The molecule has 192 valence electrons. The summed E-state index contributed by atoms with van der Waals surface area (Å²) in [6, 6.07) is 12.9. The minimum absolute atomic E-state index is 0.350. The van der Waals surface area contributed by atoms with Crippen molar-refractivity contribution in [1.82, 2.24) is 19.5 Å². The lowest BCUT2D eigenvalue weighted by atomic mass is 10.2. The first-order valence-electron chi connectivity index (χ1n) is 11.4. The van der Waals surface area contributed by atoms with E-state index in [1.165, 1.54) is 5.69 Å². The van der Waals surface area contributed by atoms with Crippen molar-refractivity contribution in [2.45, 2.75) is 32.6 Å². The minimum Gasteiger partial charge on any atom is -0.475 e. The van der Waals surface area contributed by atoms with Gasteiger partial charge in [0.2, 0.25) is 0 Å². The highest BCUT2D eigenvalue weighted by molar-refractivity contribution is 5.92. The van der Waals surface area contributed by atoms with Crippen LogP contribution in [0.5, 0.6) is 0 Å². The Labute approximate surface area is 204 Å². The molecule has 3 heterocycles. The Bertz CT molecular complexity index is 1310. The summed E-state index contributed by atoms with van der Waals surface area (Å²) >= 11 is 0. The second kappa shape index (κ2) is 10.4. The number of benzene rings is 2. The van der Waals surface area contributed by atoms with Gasteiger partial charge in [0.1, 0.15) is 11.3 Å². The number of carboxylic acids is 1. The van der Waals surface area contributed by atoms with Crippen LogP contribution in [0.25, 0.3) is 22.1 Å². The molecule has 1 saturated heterocycles. The van der Waals surface area contributed by atoms with E-state index in [0.29, 0.717) is 12.6 Å². The zero-order chi connectivity index (χ0) is 25.9. The number of hydrogen-bond acceptors (Lipinski definition) is 6. The number of alkyl halides is 3. The van der Waals surface area contributed by atoms with Crippen LogP contribution in [0.1, 0.15) is 25.7 Å². The Hall–Kier alpha value is -3.80. The van der Waals surface area contributed by atoms with Crippen molar-refractivity contribution >= 4 is 39.4 Å². The summed E-state index contributed by atoms with van der Waals surface area (Å²) in [7, 11) is 0. The molecule has 1 fully saturated rings. The Balaban J connectivity index is 0.000000384. The summed E-state index contributed by atoms with van der Waals surface area (Å²) < 4.78 is 39.5. The van der Waals surface area contributed by atoms with Gasteiger partial charge in [-0.2, -0.15) is 13.2 Å². The topological polar surface area (TPSA) is 108 Å². The van der Waals surface area contributed by atoms with Crippen LogP contribution < -0.4 is 10.2 Å². The van der Waals surface area contributed by atoms with E-state index >= 15 is 0 Å². The second-order valence-electron chi connectivity index (χ2n) is 8.56. The van der Waals surface area contributed by atoms with E-state index in [1.54, 1.807) is 0 Å². The van der Waals surface area contributed by atoms with Crippen LogP contribution in [-0.4, -0.2) is 63.1 Å². The third kappa shape index (κ3) is 5.70. The molecule has 0 atom stereocenters. The van der Waals surface area contributed by atoms with Gasteiger partial charge in [0.15, 0.2) is 0 Å². The number of aromatic nitrogens is 4. The molecular formula is C24H27F3N6O3. The molecule has 1 aliphatic rings. The molecule has 9 nitrogen and oxygen atoms in total. The molecule has 4 aromatic rings. The number of ether oxygens (including phenoxy) is 1. The van der Waals surface area contributed by atoms with Gasteiger partial charge in [-0.05, 0) is 38.1 Å². The number of fused-ring (bicyclic) bond motifs is 2. The van der Waals surface area contributed by atoms with Gasteiger partial charge >= 0.3 is 12.1 Å². The van der Waals surface area contributed by atoms with Crippen molar-refractivity contribution in [2.75, 3.05) is 36.5 Å². The van der Waals surface area contributed by atoms with E-state index in [4.69, 9.17) is 19.6 Å². The lowest BCUT2D eigenvalue weighted by Gasteiger charge is -2.29. The molecule has 0 unspecified atom stereocenters. The first-order valence-corrected chi connectivity index (χ1v) is 11.4. The largest absolute Gasteiger partial charge is 0.490 e. The molecule has 5 rings (SSSR count). The van der Waals surface area contributed by atoms with E-state index in [0.717, 1.165) is 59.9 Å². The lowest BCUT2D eigenvalue weighted by molar-refractivity contribution is -0.192. The van der Waals surface area contributed by atoms with Crippen LogP contribution in [0, 0.1) is 0 Å². The summed E-state index contributed by atoms with van der Waals surface area (Å²) in [4.78, 5) is 24.1. The minimum atomic E-state index is -5.08. The number of anilines is 2. The van der Waals surface area contributed by atoms with Crippen LogP contribution in [0.15, 0.2) is 42.7 Å². The molecule has 2 aromatic heterocycles. The quantitative estimate of drug-likeness (QED) is 0.365. The van der Waals surface area contributed by atoms with Gasteiger partial charge in [-0.25, -0.2) is 14.8 Å². The molecule has 0 radical (unpaired) electrons. The normalized spacial score (nSPS) is 14.2. The number of rotatable bonds is 5. The molecule has 0 spiro atoms. The van der Waals surface area contributed by atoms with E-state index < -0.39 is 12.1 Å². The summed E-state index contributed by atoms with van der Waals surface area (Å²) in [5.74, 6) is -1.84. The smallest absolute Gasteiger partial charge is 0.475 e. The first-order chi connectivity index (χ1) is 17.1. The number of morpholine rings is 1. The van der Waals surface area contributed by atoms with Crippen molar-refractivity contribution in [3.8, 4) is 0 Å². The number of imidazole rings is 2. The molecule has 12 heteroatoms. The predicted molar refractivity (Wildman–Crippen MR) is 130 cm³/mol. The molecule has 1 aliphatic heterocycles. The fourth-order valence-corrected chi connectivity index (χ4v) is 3.94. The third-order valence-electron chi connectivity index (χ3n) is 5.72. The van der Waals surface area contributed by atoms with E-state index in [2.05, 4.69) is 50.7 Å². The average molecular weight is 505 g/mol. The zero-order valence-corrected chi connectivity index (χ0v) is 19.8. The van der Waals surface area contributed by atoms with Gasteiger partial charge in [-0.3, -0.25) is 0 Å². The van der Waals surface area contributed by atoms with Gasteiger partial charge in [-0.15, -0.1) is 0 Å². The number of aliphatic carboxylic acids is 1. The molecule has 0 aliphatic carbocycles. The van der Waals surface area contributed by atoms with Crippen LogP contribution in [0.3, 0.4) is 0 Å². The maximum Gasteiger partial charge on any atom is 0.490 e. The second-order valence-corrected chi connectivity index (χ2v) is 8.56. The Morgan fingerprint density at radius 2 is 1.92 bits per heavy atom. The number of H-pyrrole nitrogens is 1. The van der Waals surface area contributed by atoms with Crippen LogP contribution in [0.4, 0.5) is 24.5 Å². The average Bonchev–Trinajstić information content (AvgIpc) is 3.47. The maximum atomic E-state index is 10.6. The van der Waals surface area contributed by atoms with Crippen molar-refractivity contribution in [2.24, 2.45) is 0 Å². The van der Waals surface area contributed by atoms with Gasteiger partial charge in [0, 0.05) is 24.8 Å². The SMILES string of the molecule is CC(C)n1cnc2c(NCc3nc4ccccc4[nH]3)cc(N3CCOCC3)cc21.O=C(O)C(F)(F)F. The number of nitrogens with zero attached hydrogens (tertiary/aromatic N) is 4. The van der Waals surface area contributed by atoms with Crippen molar-refractivity contribution in [1.29, 1.82) is 0 Å². The number of aromatic amines is 1. The fraction of sp³-hybridized carbons (Fsp3) is 0.375. The monoisotopic (exact) mass is 504 g/mol. The summed E-state index contributed by atoms with van der Waals surface area (Å²) in [5.41, 5.74) is 6.42. The molecule has 3 N–H and O–H groups in total. The third-order valence-corrected chi connectivity index (χ3v) is 5.72. The standard InChI is InChI=1S/C22H26N6O.C2HF3O2/c1-15(2)28-14-24-22-19(11-16(12-20(22)28)27-7-9-29-10-8-27)23-13-21-25-17-5-3-4-6-18(17)26-21;3-2(4,5)1(6)7/h3-6,11-12,14-15,23H,7-10,13H2,1-2H3,(H,25,26);(H,6,7). The highest BCUT2D eigenvalue weighted by Crippen LogP contribution is 2.31. The molecule has 2 aromatic carbocycles. The molecule has 0 bridgehead atoms. The van der Waals surface area contributed by atoms with E-state index in [1.807, 2.05) is 30.6 Å². The molecular weight excluding hydrogens is 477 g/mol. The van der Waals surface area contributed by atoms with Gasteiger partial charge < -0.3 is 29.6 Å². The number of nitrogens with one attached hydrogen (secondary N) is 2. The first kappa shape index (κ1) is 25.3. The van der Waals surface area contributed by atoms with Crippen molar-refractivity contribution < 1.29 is 27.8 Å². The van der Waals surface area contributed by atoms with Crippen molar-refractivity contribution in [3.05, 3.63) is 48.5 Å². The summed E-state index contributed by atoms with van der Waals surface area (Å²) in [6.07, 6.45) is -3.15. The van der Waals surface area contributed by atoms with Gasteiger partial charge in [0.25, 0.3) is 0 Å². The Kier molecular flexibility index (Phi) is 7.34. The number of para-hydroxylation sites is 2. The number of carboxylic acid groups (broad SMARTS) is 1. The van der Waals surface area contributed by atoms with E-state index in [-0.39, 0.29) is 0 Å². The van der Waals surface area contributed by atoms with Gasteiger partial charge in [-0.1, -0.05) is 12.1 Å². The van der Waals surface area contributed by atoms with Gasteiger partial charge in [0.05, 0.1) is 48.3 Å². The highest BCUT2D eigenvalue weighted by atomic mass is 19.4. The lowest BCUT2D eigenvalue weighted by Crippen LogP contribution is -2.36. The fourth-order valence-electron chi connectivity index (χ4n) is 3.94.